The second-order valence-electron chi connectivity index (χ2n) is 5.59. The number of amides is 1. The van der Waals surface area contributed by atoms with Gasteiger partial charge in [-0.3, -0.25) is 4.79 Å². The summed E-state index contributed by atoms with van der Waals surface area (Å²) >= 11 is 0. The standard InChI is InChI=1S/C19H19N3O2/c1-14-12-18(22(21-14)13-16-6-4-3-5-7-16)20-19(23)11-10-17-9-8-15(2)24-17/h3-12H,13H2,1-2H3,(H,20,23). The minimum atomic E-state index is -0.224. The van der Waals surface area contributed by atoms with Gasteiger partial charge in [0.15, 0.2) is 0 Å². The fourth-order valence-corrected chi connectivity index (χ4v) is 2.39. The SMILES string of the molecule is Cc1cc(NC(=O)C=Cc2ccc(C)o2)n(Cc2ccccc2)n1. The fraction of sp³-hybridized carbons (Fsp3) is 0.158. The normalized spacial score (nSPS) is 11.1. The van der Waals surface area contributed by atoms with Crippen molar-refractivity contribution in [2.24, 2.45) is 0 Å². The molecule has 122 valence electrons. The Bertz CT molecular complexity index is 860. The van der Waals surface area contributed by atoms with Crippen molar-refractivity contribution in [2.75, 3.05) is 5.32 Å². The first-order valence-corrected chi connectivity index (χ1v) is 7.74. The molecular formula is C19H19N3O2. The highest BCUT2D eigenvalue weighted by atomic mass is 16.3. The molecule has 2 heterocycles. The maximum absolute atomic E-state index is 12.1. The minimum Gasteiger partial charge on any atom is -0.462 e. The summed E-state index contributed by atoms with van der Waals surface area (Å²) in [5.74, 6) is 1.91. The van der Waals surface area contributed by atoms with Crippen LogP contribution in [0.2, 0.25) is 0 Å². The van der Waals surface area contributed by atoms with Crippen LogP contribution < -0.4 is 5.32 Å². The van der Waals surface area contributed by atoms with Crippen molar-refractivity contribution in [1.29, 1.82) is 0 Å². The van der Waals surface area contributed by atoms with Gasteiger partial charge in [0.2, 0.25) is 5.91 Å². The number of nitrogens with one attached hydrogen (secondary N) is 1. The number of aromatic nitrogens is 2. The maximum Gasteiger partial charge on any atom is 0.249 e. The number of hydrogen-bond donors (Lipinski definition) is 1. The summed E-state index contributed by atoms with van der Waals surface area (Å²) in [6, 6.07) is 15.5. The van der Waals surface area contributed by atoms with E-state index in [9.17, 15) is 4.79 Å². The van der Waals surface area contributed by atoms with Crippen LogP contribution in [-0.4, -0.2) is 15.7 Å². The van der Waals surface area contributed by atoms with E-state index < -0.39 is 0 Å². The summed E-state index contributed by atoms with van der Waals surface area (Å²) in [6.07, 6.45) is 3.10. The third kappa shape index (κ3) is 4.01. The molecule has 0 aliphatic rings. The number of anilines is 1. The van der Waals surface area contributed by atoms with Gasteiger partial charge in [-0.1, -0.05) is 30.3 Å². The van der Waals surface area contributed by atoms with Crippen molar-refractivity contribution in [3.63, 3.8) is 0 Å². The summed E-state index contributed by atoms with van der Waals surface area (Å²) in [7, 11) is 0. The van der Waals surface area contributed by atoms with Crippen LogP contribution in [-0.2, 0) is 11.3 Å². The van der Waals surface area contributed by atoms with E-state index in [0.29, 0.717) is 18.1 Å². The van der Waals surface area contributed by atoms with Crippen LogP contribution in [0.5, 0.6) is 0 Å². The Balaban J connectivity index is 1.70. The lowest BCUT2D eigenvalue weighted by atomic mass is 10.2. The smallest absolute Gasteiger partial charge is 0.249 e. The molecule has 1 aromatic carbocycles. The Labute approximate surface area is 140 Å². The zero-order valence-corrected chi connectivity index (χ0v) is 13.7. The molecule has 24 heavy (non-hydrogen) atoms. The summed E-state index contributed by atoms with van der Waals surface area (Å²) in [5, 5.41) is 7.30. The Morgan fingerprint density at radius 2 is 2.00 bits per heavy atom. The van der Waals surface area contributed by atoms with Crippen molar-refractivity contribution in [3.8, 4) is 0 Å². The molecule has 0 bridgehead atoms. The lowest BCUT2D eigenvalue weighted by Crippen LogP contribution is -2.13. The molecule has 0 unspecified atom stereocenters. The summed E-state index contributed by atoms with van der Waals surface area (Å²) in [4.78, 5) is 12.1. The van der Waals surface area contributed by atoms with Crippen LogP contribution >= 0.6 is 0 Å². The van der Waals surface area contributed by atoms with E-state index in [2.05, 4.69) is 10.4 Å². The van der Waals surface area contributed by atoms with Gasteiger partial charge in [0.1, 0.15) is 17.3 Å². The van der Waals surface area contributed by atoms with E-state index >= 15 is 0 Å². The van der Waals surface area contributed by atoms with Gasteiger partial charge in [0.25, 0.3) is 0 Å². The Kier molecular flexibility index (Phi) is 4.61. The first-order valence-electron chi connectivity index (χ1n) is 7.74. The molecule has 0 saturated carbocycles. The number of benzene rings is 1. The molecule has 3 aromatic rings. The van der Waals surface area contributed by atoms with Crippen molar-refractivity contribution in [2.45, 2.75) is 20.4 Å². The van der Waals surface area contributed by atoms with E-state index in [0.717, 1.165) is 17.0 Å². The number of carbonyl (C=O) groups excluding carboxylic acids is 1. The van der Waals surface area contributed by atoms with E-state index in [4.69, 9.17) is 4.42 Å². The van der Waals surface area contributed by atoms with Crippen LogP contribution in [0.15, 0.2) is 59.0 Å². The molecule has 0 aliphatic carbocycles. The molecule has 0 radical (unpaired) electrons. The van der Waals surface area contributed by atoms with Crippen LogP contribution in [0.4, 0.5) is 5.82 Å². The Hall–Kier alpha value is -3.08. The van der Waals surface area contributed by atoms with Gasteiger partial charge in [-0.15, -0.1) is 0 Å². The van der Waals surface area contributed by atoms with Gasteiger partial charge in [0.05, 0.1) is 12.2 Å². The largest absolute Gasteiger partial charge is 0.462 e. The zero-order valence-electron chi connectivity index (χ0n) is 13.7. The van der Waals surface area contributed by atoms with Crippen molar-refractivity contribution in [1.82, 2.24) is 9.78 Å². The third-order valence-corrected chi connectivity index (χ3v) is 3.49. The second-order valence-corrected chi connectivity index (χ2v) is 5.59. The quantitative estimate of drug-likeness (QED) is 0.727. The van der Waals surface area contributed by atoms with Gasteiger partial charge in [-0.25, -0.2) is 4.68 Å². The third-order valence-electron chi connectivity index (χ3n) is 3.49. The lowest BCUT2D eigenvalue weighted by molar-refractivity contribution is -0.111. The predicted octanol–water partition coefficient (Wildman–Crippen LogP) is 3.79. The van der Waals surface area contributed by atoms with Gasteiger partial charge in [0, 0.05) is 12.1 Å². The van der Waals surface area contributed by atoms with E-state index in [1.54, 1.807) is 10.8 Å². The van der Waals surface area contributed by atoms with Gasteiger partial charge in [-0.2, -0.15) is 5.10 Å². The Morgan fingerprint density at radius 1 is 1.21 bits per heavy atom. The minimum absolute atomic E-state index is 0.224. The molecule has 0 atom stereocenters. The summed E-state index contributed by atoms with van der Waals surface area (Å²) < 4.78 is 7.19. The van der Waals surface area contributed by atoms with Crippen molar-refractivity contribution in [3.05, 3.63) is 77.4 Å². The molecular weight excluding hydrogens is 302 g/mol. The van der Waals surface area contributed by atoms with E-state index in [1.165, 1.54) is 6.08 Å². The lowest BCUT2D eigenvalue weighted by Gasteiger charge is -2.07. The molecule has 2 aromatic heterocycles. The zero-order chi connectivity index (χ0) is 16.9. The molecule has 0 aliphatic heterocycles. The summed E-state index contributed by atoms with van der Waals surface area (Å²) in [5.41, 5.74) is 1.98. The summed E-state index contributed by atoms with van der Waals surface area (Å²) in [6.45, 7) is 4.37. The first kappa shape index (κ1) is 15.8. The van der Waals surface area contributed by atoms with Gasteiger partial charge >= 0.3 is 0 Å². The molecule has 0 saturated heterocycles. The molecule has 0 spiro atoms. The topological polar surface area (TPSA) is 60.1 Å². The first-order chi connectivity index (χ1) is 11.6. The fourth-order valence-electron chi connectivity index (χ4n) is 2.39. The number of aryl methyl sites for hydroxylation is 2. The number of furan rings is 1. The van der Waals surface area contributed by atoms with Crippen LogP contribution in [0, 0.1) is 13.8 Å². The van der Waals surface area contributed by atoms with E-state index in [1.807, 2.05) is 62.4 Å². The van der Waals surface area contributed by atoms with E-state index in [-0.39, 0.29) is 5.91 Å². The molecule has 5 nitrogen and oxygen atoms in total. The molecule has 0 fully saturated rings. The number of rotatable bonds is 5. The van der Waals surface area contributed by atoms with Crippen LogP contribution in [0.1, 0.15) is 22.8 Å². The average molecular weight is 321 g/mol. The maximum atomic E-state index is 12.1. The monoisotopic (exact) mass is 321 g/mol. The second kappa shape index (κ2) is 7.00. The van der Waals surface area contributed by atoms with Crippen molar-refractivity contribution >= 4 is 17.8 Å². The van der Waals surface area contributed by atoms with Gasteiger partial charge < -0.3 is 9.73 Å². The molecule has 1 N–H and O–H groups in total. The Morgan fingerprint density at radius 3 is 2.71 bits per heavy atom. The van der Waals surface area contributed by atoms with Crippen LogP contribution in [0.3, 0.4) is 0 Å². The number of nitrogens with zero attached hydrogens (tertiary/aromatic N) is 2. The predicted molar refractivity (Wildman–Crippen MR) is 93.6 cm³/mol. The van der Waals surface area contributed by atoms with Gasteiger partial charge in [-0.05, 0) is 37.6 Å². The number of hydrogen-bond acceptors (Lipinski definition) is 3. The highest BCUT2D eigenvalue weighted by molar-refractivity contribution is 6.01. The molecule has 3 rings (SSSR count). The molecule has 1 amide bonds. The van der Waals surface area contributed by atoms with Crippen LogP contribution in [0.25, 0.3) is 6.08 Å². The van der Waals surface area contributed by atoms with Crippen molar-refractivity contribution < 1.29 is 9.21 Å². The molecule has 5 heteroatoms. The highest BCUT2D eigenvalue weighted by Crippen LogP contribution is 2.14. The number of carbonyl (C=O) groups is 1. The average Bonchev–Trinajstić information content (AvgIpc) is 3.12. The highest BCUT2D eigenvalue weighted by Gasteiger charge is 2.08.